The van der Waals surface area contributed by atoms with Crippen LogP contribution in [0, 0.1) is 10.1 Å². The van der Waals surface area contributed by atoms with Gasteiger partial charge >= 0.3 is 0 Å². The maximum atomic E-state index is 13.5. The Kier molecular flexibility index (Phi) is 5.39. The van der Waals surface area contributed by atoms with Crippen molar-refractivity contribution in [2.75, 3.05) is 6.54 Å². The van der Waals surface area contributed by atoms with Crippen molar-refractivity contribution in [1.82, 2.24) is 4.31 Å². The molecule has 31 heavy (non-hydrogen) atoms. The van der Waals surface area contributed by atoms with Crippen molar-refractivity contribution in [2.24, 2.45) is 0 Å². The third kappa shape index (κ3) is 3.85. The molecule has 0 N–H and O–H groups in total. The molecule has 0 saturated carbocycles. The lowest BCUT2D eigenvalue weighted by atomic mass is 9.89. The summed E-state index contributed by atoms with van der Waals surface area (Å²) in [6.45, 7) is -0.0152. The minimum absolute atomic E-state index is 0.0152. The highest BCUT2D eigenvalue weighted by Crippen LogP contribution is 2.36. The SMILES string of the molecule is O=C1C(c2ccccc2)=C(c2ccccc2)CCN1S(=O)(=O)c1ccc([N+](=O)[O-])cc1. The van der Waals surface area contributed by atoms with Crippen LogP contribution >= 0.6 is 0 Å². The largest absolute Gasteiger partial charge is 0.269 e. The van der Waals surface area contributed by atoms with Crippen LogP contribution in [-0.4, -0.2) is 30.1 Å². The van der Waals surface area contributed by atoms with Gasteiger partial charge in [-0.2, -0.15) is 0 Å². The highest BCUT2D eigenvalue weighted by atomic mass is 32.2. The molecule has 1 heterocycles. The van der Waals surface area contributed by atoms with Crippen molar-refractivity contribution in [3.8, 4) is 0 Å². The maximum Gasteiger partial charge on any atom is 0.269 e. The van der Waals surface area contributed by atoms with E-state index in [4.69, 9.17) is 0 Å². The summed E-state index contributed by atoms with van der Waals surface area (Å²) in [5, 5.41) is 10.9. The fraction of sp³-hybridized carbons (Fsp3) is 0.0870. The van der Waals surface area contributed by atoms with E-state index < -0.39 is 20.9 Å². The van der Waals surface area contributed by atoms with Crippen LogP contribution in [0.2, 0.25) is 0 Å². The van der Waals surface area contributed by atoms with Crippen LogP contribution < -0.4 is 0 Å². The fourth-order valence-electron chi connectivity index (χ4n) is 3.62. The van der Waals surface area contributed by atoms with Crippen LogP contribution in [0.15, 0.2) is 89.8 Å². The van der Waals surface area contributed by atoms with E-state index in [9.17, 15) is 23.3 Å². The first kappa shape index (κ1) is 20.5. The molecule has 156 valence electrons. The summed E-state index contributed by atoms with van der Waals surface area (Å²) in [6, 6.07) is 22.9. The van der Waals surface area contributed by atoms with E-state index in [1.54, 1.807) is 24.3 Å². The van der Waals surface area contributed by atoms with E-state index in [1.165, 1.54) is 0 Å². The second-order valence-corrected chi connectivity index (χ2v) is 8.83. The number of nitro groups is 1. The van der Waals surface area contributed by atoms with Crippen LogP contribution in [-0.2, 0) is 14.8 Å². The third-order valence-electron chi connectivity index (χ3n) is 5.13. The topological polar surface area (TPSA) is 97.6 Å². The molecular weight excluding hydrogens is 416 g/mol. The Hall–Kier alpha value is -3.78. The van der Waals surface area contributed by atoms with Gasteiger partial charge in [0, 0.05) is 18.7 Å². The van der Waals surface area contributed by atoms with E-state index in [1.807, 2.05) is 36.4 Å². The molecule has 7 nitrogen and oxygen atoms in total. The van der Waals surface area contributed by atoms with Crippen LogP contribution in [0.3, 0.4) is 0 Å². The predicted octanol–water partition coefficient (Wildman–Crippen LogP) is 4.13. The molecule has 0 aromatic heterocycles. The molecular formula is C23H18N2O5S. The van der Waals surface area contributed by atoms with Crippen molar-refractivity contribution < 1.29 is 18.1 Å². The fourth-order valence-corrected chi connectivity index (χ4v) is 5.00. The number of nitrogens with zero attached hydrogens (tertiary/aromatic N) is 2. The average molecular weight is 434 g/mol. The van der Waals surface area contributed by atoms with Gasteiger partial charge in [-0.3, -0.25) is 14.9 Å². The minimum Gasteiger partial charge on any atom is -0.268 e. The van der Waals surface area contributed by atoms with E-state index in [0.717, 1.165) is 39.7 Å². The zero-order valence-corrected chi connectivity index (χ0v) is 17.2. The molecule has 0 saturated heterocycles. The number of amides is 1. The molecule has 0 atom stereocenters. The quantitative estimate of drug-likeness (QED) is 0.444. The summed E-state index contributed by atoms with van der Waals surface area (Å²) in [5.41, 5.74) is 2.40. The molecule has 0 radical (unpaired) electrons. The van der Waals surface area contributed by atoms with Crippen LogP contribution in [0.1, 0.15) is 17.5 Å². The lowest BCUT2D eigenvalue weighted by Crippen LogP contribution is -2.41. The van der Waals surface area contributed by atoms with Gasteiger partial charge in [0.25, 0.3) is 21.6 Å². The summed E-state index contributed by atoms with van der Waals surface area (Å²) in [7, 11) is -4.17. The molecule has 0 fully saturated rings. The Bertz CT molecular complexity index is 1270. The second-order valence-electron chi connectivity index (χ2n) is 6.97. The Labute approximate surface area is 179 Å². The molecule has 0 bridgehead atoms. The highest BCUT2D eigenvalue weighted by Gasteiger charge is 2.36. The van der Waals surface area contributed by atoms with Gasteiger partial charge in [-0.15, -0.1) is 0 Å². The van der Waals surface area contributed by atoms with Gasteiger partial charge < -0.3 is 0 Å². The van der Waals surface area contributed by atoms with Crippen LogP contribution in [0.5, 0.6) is 0 Å². The highest BCUT2D eigenvalue weighted by molar-refractivity contribution is 7.89. The Balaban J connectivity index is 1.80. The van der Waals surface area contributed by atoms with Crippen molar-refractivity contribution in [1.29, 1.82) is 0 Å². The monoisotopic (exact) mass is 434 g/mol. The number of benzene rings is 3. The Morgan fingerprint density at radius 3 is 1.90 bits per heavy atom. The zero-order valence-electron chi connectivity index (χ0n) is 16.3. The van der Waals surface area contributed by atoms with Gasteiger partial charge in [0.15, 0.2) is 0 Å². The molecule has 1 aliphatic heterocycles. The maximum absolute atomic E-state index is 13.5. The normalized spacial score (nSPS) is 14.6. The lowest BCUT2D eigenvalue weighted by molar-refractivity contribution is -0.384. The van der Waals surface area contributed by atoms with Gasteiger partial charge in [-0.25, -0.2) is 12.7 Å². The predicted molar refractivity (Wildman–Crippen MR) is 116 cm³/mol. The number of carbonyl (C=O) groups excluding carboxylic acids is 1. The first-order chi connectivity index (χ1) is 14.9. The van der Waals surface area contributed by atoms with E-state index in [0.29, 0.717) is 17.6 Å². The molecule has 0 unspecified atom stereocenters. The molecule has 0 aliphatic carbocycles. The summed E-state index contributed by atoms with van der Waals surface area (Å²) in [6.07, 6.45) is 0.353. The van der Waals surface area contributed by atoms with Crippen molar-refractivity contribution in [3.05, 3.63) is 106 Å². The molecule has 4 rings (SSSR count). The lowest BCUT2D eigenvalue weighted by Gasteiger charge is -2.30. The first-order valence-electron chi connectivity index (χ1n) is 9.55. The number of nitro benzene ring substituents is 1. The van der Waals surface area contributed by atoms with Gasteiger partial charge in [0.05, 0.1) is 15.4 Å². The van der Waals surface area contributed by atoms with Crippen molar-refractivity contribution in [2.45, 2.75) is 11.3 Å². The summed E-state index contributed by atoms with van der Waals surface area (Å²) >= 11 is 0. The van der Waals surface area contributed by atoms with Gasteiger partial charge in [-0.1, -0.05) is 60.7 Å². The van der Waals surface area contributed by atoms with Crippen molar-refractivity contribution >= 4 is 32.8 Å². The molecule has 1 amide bonds. The number of sulfonamides is 1. The van der Waals surface area contributed by atoms with Crippen molar-refractivity contribution in [3.63, 3.8) is 0 Å². The number of carbonyl (C=O) groups is 1. The molecule has 1 aliphatic rings. The summed E-state index contributed by atoms with van der Waals surface area (Å²) in [5.74, 6) is -0.616. The Morgan fingerprint density at radius 1 is 0.806 bits per heavy atom. The minimum atomic E-state index is -4.17. The Morgan fingerprint density at radius 2 is 1.35 bits per heavy atom. The second kappa shape index (κ2) is 8.16. The number of non-ortho nitro benzene ring substituents is 1. The number of hydrogen-bond acceptors (Lipinski definition) is 5. The number of hydrogen-bond donors (Lipinski definition) is 0. The summed E-state index contributed by atoms with van der Waals surface area (Å²) < 4.78 is 27.3. The van der Waals surface area contributed by atoms with E-state index in [2.05, 4.69) is 0 Å². The summed E-state index contributed by atoms with van der Waals surface area (Å²) in [4.78, 5) is 23.6. The van der Waals surface area contributed by atoms with E-state index in [-0.39, 0.29) is 17.1 Å². The zero-order chi connectivity index (χ0) is 22.0. The van der Waals surface area contributed by atoms with Gasteiger partial charge in [-0.05, 0) is 35.3 Å². The van der Waals surface area contributed by atoms with Gasteiger partial charge in [0.1, 0.15) is 0 Å². The molecule has 0 spiro atoms. The average Bonchev–Trinajstić information content (AvgIpc) is 2.80. The molecule has 8 heteroatoms. The van der Waals surface area contributed by atoms with Gasteiger partial charge in [0.2, 0.25) is 0 Å². The van der Waals surface area contributed by atoms with Crippen LogP contribution in [0.25, 0.3) is 11.1 Å². The molecule has 3 aromatic carbocycles. The first-order valence-corrected chi connectivity index (χ1v) is 11.0. The smallest absolute Gasteiger partial charge is 0.268 e. The standard InChI is InChI=1S/C23H18N2O5S/c26-23-22(18-9-5-2-6-10-18)21(17-7-3-1-4-8-17)15-16-24(23)31(29,30)20-13-11-19(12-14-20)25(27)28/h1-14H,15-16H2. The number of rotatable bonds is 5. The van der Waals surface area contributed by atoms with Crippen LogP contribution in [0.4, 0.5) is 5.69 Å². The third-order valence-corrected chi connectivity index (χ3v) is 6.92. The molecule has 3 aromatic rings. The van der Waals surface area contributed by atoms with E-state index >= 15 is 0 Å².